The minimum atomic E-state index is -4.50. The smallest absolute Gasteiger partial charge is 0.379 e. The lowest BCUT2D eigenvalue weighted by Crippen LogP contribution is -2.45. The summed E-state index contributed by atoms with van der Waals surface area (Å²) in [7, 11) is 2.19. The summed E-state index contributed by atoms with van der Waals surface area (Å²) in [5.41, 5.74) is -0.374. The molecule has 174 valence electrons. The highest BCUT2D eigenvalue weighted by Crippen LogP contribution is 2.43. The van der Waals surface area contributed by atoms with E-state index in [1.807, 2.05) is 0 Å². The number of hydrogen-bond donors (Lipinski definition) is 0. The van der Waals surface area contributed by atoms with Crippen LogP contribution >= 0.6 is 0 Å². The molecule has 4 rings (SSSR count). The predicted octanol–water partition coefficient (Wildman–Crippen LogP) is 1.86. The van der Waals surface area contributed by atoms with Gasteiger partial charge in [-0.25, -0.2) is 0 Å². The van der Waals surface area contributed by atoms with Crippen molar-refractivity contribution in [2.45, 2.75) is 44.9 Å². The Kier molecular flexibility index (Phi) is 6.33. The Hall–Kier alpha value is -1.65. The number of aryl methyl sites for hydroxylation is 1. The lowest BCUT2D eigenvalue weighted by atomic mass is 9.76. The van der Waals surface area contributed by atoms with Gasteiger partial charge in [-0.05, 0) is 44.7 Å². The number of aromatic nitrogens is 2. The molecule has 10 heteroatoms. The Labute approximate surface area is 181 Å². The normalized spacial score (nSPS) is 25.5. The number of amides is 1. The van der Waals surface area contributed by atoms with E-state index >= 15 is 0 Å². The van der Waals surface area contributed by atoms with Crippen molar-refractivity contribution >= 4 is 5.91 Å². The number of morpholine rings is 1. The molecule has 1 aromatic heterocycles. The third kappa shape index (κ3) is 5.06. The molecule has 3 saturated heterocycles. The number of halogens is 3. The van der Waals surface area contributed by atoms with Crippen LogP contribution in [-0.2, 0) is 22.3 Å². The van der Waals surface area contributed by atoms with Gasteiger partial charge in [0.15, 0.2) is 5.69 Å². The van der Waals surface area contributed by atoms with Crippen molar-refractivity contribution in [3.63, 3.8) is 0 Å². The summed E-state index contributed by atoms with van der Waals surface area (Å²) in [5.74, 6) is -0.161. The Morgan fingerprint density at radius 2 is 1.90 bits per heavy atom. The van der Waals surface area contributed by atoms with Crippen LogP contribution in [-0.4, -0.2) is 96.0 Å². The summed E-state index contributed by atoms with van der Waals surface area (Å²) in [5, 5.41) is 3.59. The van der Waals surface area contributed by atoms with Gasteiger partial charge in [-0.1, -0.05) is 0 Å². The van der Waals surface area contributed by atoms with Crippen LogP contribution in [0.15, 0.2) is 6.07 Å². The van der Waals surface area contributed by atoms with Crippen LogP contribution in [0.25, 0.3) is 0 Å². The molecule has 0 aliphatic carbocycles. The third-order valence-corrected chi connectivity index (χ3v) is 7.18. The minimum Gasteiger partial charge on any atom is -0.379 e. The van der Waals surface area contributed by atoms with Gasteiger partial charge in [0.05, 0.1) is 13.2 Å². The number of nitrogens with zero attached hydrogens (tertiary/aromatic N) is 5. The predicted molar refractivity (Wildman–Crippen MR) is 109 cm³/mol. The van der Waals surface area contributed by atoms with Crippen LogP contribution in [0.1, 0.15) is 30.7 Å². The summed E-state index contributed by atoms with van der Waals surface area (Å²) in [6.45, 7) is 8.40. The van der Waals surface area contributed by atoms with Gasteiger partial charge in [0.25, 0.3) is 0 Å². The van der Waals surface area contributed by atoms with Crippen molar-refractivity contribution in [2.24, 2.45) is 5.41 Å². The van der Waals surface area contributed by atoms with Gasteiger partial charge in [-0.2, -0.15) is 18.3 Å². The van der Waals surface area contributed by atoms with Gasteiger partial charge in [0.1, 0.15) is 6.54 Å². The van der Waals surface area contributed by atoms with E-state index in [1.54, 1.807) is 11.8 Å². The second-order valence-electron chi connectivity index (χ2n) is 9.39. The van der Waals surface area contributed by atoms with E-state index in [9.17, 15) is 18.0 Å². The zero-order valence-corrected chi connectivity index (χ0v) is 18.3. The Morgan fingerprint density at radius 1 is 1.23 bits per heavy atom. The number of ether oxygens (including phenoxy) is 1. The average molecular weight is 444 g/mol. The molecule has 4 heterocycles. The van der Waals surface area contributed by atoms with Crippen LogP contribution in [0, 0.1) is 12.3 Å². The third-order valence-electron chi connectivity index (χ3n) is 7.18. The monoisotopic (exact) mass is 443 g/mol. The lowest BCUT2D eigenvalue weighted by molar-refractivity contribution is -0.142. The molecule has 0 aromatic carbocycles. The van der Waals surface area contributed by atoms with E-state index in [0.717, 1.165) is 69.4 Å². The van der Waals surface area contributed by atoms with Crippen LogP contribution < -0.4 is 0 Å². The second kappa shape index (κ2) is 8.71. The van der Waals surface area contributed by atoms with Crippen molar-refractivity contribution < 1.29 is 22.7 Å². The highest BCUT2D eigenvalue weighted by Gasteiger charge is 2.45. The summed E-state index contributed by atoms with van der Waals surface area (Å²) >= 11 is 0. The Morgan fingerprint density at radius 3 is 2.52 bits per heavy atom. The summed E-state index contributed by atoms with van der Waals surface area (Å²) in [4.78, 5) is 19.4. The maximum Gasteiger partial charge on any atom is 0.435 e. The van der Waals surface area contributed by atoms with Gasteiger partial charge >= 0.3 is 6.18 Å². The van der Waals surface area contributed by atoms with Gasteiger partial charge in [0, 0.05) is 51.0 Å². The van der Waals surface area contributed by atoms with Crippen LogP contribution in [0.2, 0.25) is 0 Å². The lowest BCUT2D eigenvalue weighted by Gasteiger charge is -2.39. The van der Waals surface area contributed by atoms with Gasteiger partial charge in [-0.3, -0.25) is 14.4 Å². The van der Waals surface area contributed by atoms with Crippen LogP contribution in [0.3, 0.4) is 0 Å². The van der Waals surface area contributed by atoms with E-state index in [1.165, 1.54) is 0 Å². The number of carbonyl (C=O) groups is 1. The van der Waals surface area contributed by atoms with Crippen molar-refractivity contribution in [2.75, 3.05) is 59.5 Å². The number of hydrogen-bond acceptors (Lipinski definition) is 5. The maximum absolute atomic E-state index is 12.9. The molecule has 1 atom stereocenters. The van der Waals surface area contributed by atoms with Crippen molar-refractivity contribution in [3.05, 3.63) is 17.5 Å². The first-order chi connectivity index (χ1) is 14.7. The number of alkyl halides is 3. The van der Waals surface area contributed by atoms with Crippen molar-refractivity contribution in [1.29, 1.82) is 0 Å². The van der Waals surface area contributed by atoms with Crippen molar-refractivity contribution in [1.82, 2.24) is 24.5 Å². The number of rotatable bonds is 4. The number of likely N-dealkylation sites (N-methyl/N-ethyl adjacent to an activating group) is 1. The molecule has 3 aliphatic rings. The molecule has 1 amide bonds. The fourth-order valence-electron chi connectivity index (χ4n) is 5.29. The van der Waals surface area contributed by atoms with Gasteiger partial charge in [0.2, 0.25) is 5.91 Å². The zero-order chi connectivity index (χ0) is 22.2. The fourth-order valence-corrected chi connectivity index (χ4v) is 5.29. The number of carbonyl (C=O) groups excluding carboxylic acids is 1. The first-order valence-corrected chi connectivity index (χ1v) is 11.0. The molecular formula is C21H32F3N5O2. The molecule has 1 unspecified atom stereocenters. The molecular weight excluding hydrogens is 411 g/mol. The van der Waals surface area contributed by atoms with E-state index in [-0.39, 0.29) is 17.9 Å². The molecule has 0 bridgehead atoms. The average Bonchev–Trinajstić information content (AvgIpc) is 3.23. The summed E-state index contributed by atoms with van der Waals surface area (Å²) in [6, 6.07) is 1.51. The number of likely N-dealkylation sites (tertiary alicyclic amines) is 2. The molecule has 0 radical (unpaired) electrons. The summed E-state index contributed by atoms with van der Waals surface area (Å²) < 4.78 is 45.2. The maximum atomic E-state index is 12.9. The SMILES string of the molecule is Cc1cc(C(F)(F)F)nn1CC(=O)N1CCC2(CC1)CC(CN1CCOCC1)N(C)C2. The van der Waals surface area contributed by atoms with E-state index < -0.39 is 11.9 Å². The minimum absolute atomic E-state index is 0.144. The second-order valence-corrected chi connectivity index (χ2v) is 9.39. The standard InChI is InChI=1S/C21H32F3N5O2/c1-16-11-18(21(22,23)24)25-29(16)14-19(30)28-5-3-20(4-6-28)12-17(26(2)15-20)13-27-7-9-31-10-8-27/h11,17H,3-10,12-15H2,1-2H3. The molecule has 31 heavy (non-hydrogen) atoms. The first kappa shape index (κ1) is 22.5. The number of piperidine rings is 1. The van der Waals surface area contributed by atoms with E-state index in [0.29, 0.717) is 24.8 Å². The Balaban J connectivity index is 1.30. The van der Waals surface area contributed by atoms with Crippen molar-refractivity contribution in [3.8, 4) is 0 Å². The highest BCUT2D eigenvalue weighted by molar-refractivity contribution is 5.76. The van der Waals surface area contributed by atoms with E-state index in [4.69, 9.17) is 4.74 Å². The largest absolute Gasteiger partial charge is 0.435 e. The zero-order valence-electron chi connectivity index (χ0n) is 18.3. The molecule has 1 spiro atoms. The summed E-state index contributed by atoms with van der Waals surface area (Å²) in [6.07, 6.45) is -1.48. The van der Waals surface area contributed by atoms with E-state index in [2.05, 4.69) is 21.9 Å². The molecule has 7 nitrogen and oxygen atoms in total. The fraction of sp³-hybridized carbons (Fsp3) is 0.810. The molecule has 1 aromatic rings. The van der Waals surface area contributed by atoms with Gasteiger partial charge < -0.3 is 14.5 Å². The molecule has 3 aliphatic heterocycles. The molecule has 0 saturated carbocycles. The topological polar surface area (TPSA) is 53.8 Å². The highest BCUT2D eigenvalue weighted by atomic mass is 19.4. The molecule has 0 N–H and O–H groups in total. The van der Waals surface area contributed by atoms with Gasteiger partial charge in [-0.15, -0.1) is 0 Å². The molecule has 3 fully saturated rings. The Bertz CT molecular complexity index is 782. The van der Waals surface area contributed by atoms with Crippen LogP contribution in [0.5, 0.6) is 0 Å². The van der Waals surface area contributed by atoms with Crippen LogP contribution in [0.4, 0.5) is 13.2 Å². The first-order valence-electron chi connectivity index (χ1n) is 11.0. The quantitative estimate of drug-likeness (QED) is 0.711.